The zero-order valence-electron chi connectivity index (χ0n) is 12.3. The van der Waals surface area contributed by atoms with Crippen LogP contribution >= 0.6 is 0 Å². The topological polar surface area (TPSA) is 21.3 Å². The number of benzene rings is 1. The van der Waals surface area contributed by atoms with Crippen LogP contribution < -0.4 is 5.32 Å². The Morgan fingerprint density at radius 2 is 2.11 bits per heavy atom. The highest BCUT2D eigenvalue weighted by Crippen LogP contribution is 2.21. The van der Waals surface area contributed by atoms with E-state index in [9.17, 15) is 0 Å². The maximum absolute atomic E-state index is 5.53. The van der Waals surface area contributed by atoms with Gasteiger partial charge in [0, 0.05) is 19.3 Å². The smallest absolute Gasteiger partial charge is 0.0469 e. The molecule has 1 aromatic carbocycles. The van der Waals surface area contributed by atoms with Crippen molar-refractivity contribution in [2.75, 3.05) is 19.8 Å². The summed E-state index contributed by atoms with van der Waals surface area (Å²) in [6, 6.07) is 9.54. The Labute approximate surface area is 117 Å². The summed E-state index contributed by atoms with van der Waals surface area (Å²) in [6.07, 6.45) is 5.05. The molecule has 1 aromatic rings. The van der Waals surface area contributed by atoms with Gasteiger partial charge in [0.25, 0.3) is 0 Å². The molecule has 0 heterocycles. The summed E-state index contributed by atoms with van der Waals surface area (Å²) in [6.45, 7) is 7.13. The van der Waals surface area contributed by atoms with Crippen molar-refractivity contribution in [3.8, 4) is 0 Å². The van der Waals surface area contributed by atoms with E-state index in [0.29, 0.717) is 5.92 Å². The van der Waals surface area contributed by atoms with Crippen LogP contribution in [0, 0.1) is 12.8 Å². The highest BCUT2D eigenvalue weighted by Gasteiger charge is 2.22. The van der Waals surface area contributed by atoms with Crippen LogP contribution in [0.25, 0.3) is 0 Å². The summed E-state index contributed by atoms with van der Waals surface area (Å²) in [5, 5.41) is 3.67. The van der Waals surface area contributed by atoms with Gasteiger partial charge in [-0.05, 0) is 63.1 Å². The van der Waals surface area contributed by atoms with Crippen molar-refractivity contribution in [3.05, 3.63) is 35.4 Å². The van der Waals surface area contributed by atoms with E-state index in [0.717, 1.165) is 32.2 Å². The van der Waals surface area contributed by atoms with Crippen LogP contribution in [0.2, 0.25) is 0 Å². The lowest BCUT2D eigenvalue weighted by molar-refractivity contribution is 0.131. The summed E-state index contributed by atoms with van der Waals surface area (Å²) in [7, 11) is 0. The fourth-order valence-corrected chi connectivity index (χ4v) is 2.44. The van der Waals surface area contributed by atoms with E-state index in [1.54, 1.807) is 0 Å². The van der Waals surface area contributed by atoms with Crippen LogP contribution in [0.15, 0.2) is 24.3 Å². The van der Waals surface area contributed by atoms with Gasteiger partial charge in [0.15, 0.2) is 0 Å². The van der Waals surface area contributed by atoms with E-state index in [-0.39, 0.29) is 0 Å². The molecule has 1 saturated carbocycles. The second-order valence-electron chi connectivity index (χ2n) is 5.66. The molecule has 0 amide bonds. The Kier molecular flexibility index (Phi) is 5.87. The minimum atomic E-state index is 0.688. The highest BCUT2D eigenvalue weighted by atomic mass is 16.5. The molecule has 0 bridgehead atoms. The molecule has 1 atom stereocenters. The van der Waals surface area contributed by atoms with Crippen LogP contribution in [-0.4, -0.2) is 25.8 Å². The van der Waals surface area contributed by atoms with Crippen molar-refractivity contribution in [2.45, 2.75) is 45.6 Å². The Morgan fingerprint density at radius 3 is 2.79 bits per heavy atom. The molecule has 2 nitrogen and oxygen atoms in total. The van der Waals surface area contributed by atoms with E-state index in [1.807, 2.05) is 0 Å². The standard InChI is InChI=1S/C17H27NO/c1-3-19-11-10-15(13-18-17-8-9-17)12-16-7-5-4-6-14(16)2/h4-7,15,17-18H,3,8-13H2,1-2H3. The molecule has 1 aliphatic rings. The first kappa shape index (κ1) is 14.5. The number of rotatable bonds is 9. The van der Waals surface area contributed by atoms with Crippen LogP contribution in [0.5, 0.6) is 0 Å². The van der Waals surface area contributed by atoms with Gasteiger partial charge in [-0.15, -0.1) is 0 Å². The van der Waals surface area contributed by atoms with Crippen molar-refractivity contribution in [2.24, 2.45) is 5.92 Å². The average molecular weight is 261 g/mol. The molecule has 1 unspecified atom stereocenters. The third-order valence-electron chi connectivity index (χ3n) is 3.92. The molecule has 0 aliphatic heterocycles. The van der Waals surface area contributed by atoms with Crippen molar-refractivity contribution in [1.29, 1.82) is 0 Å². The fraction of sp³-hybridized carbons (Fsp3) is 0.647. The third-order valence-corrected chi connectivity index (χ3v) is 3.92. The summed E-state index contributed by atoms with van der Waals surface area (Å²) < 4.78 is 5.53. The molecular weight excluding hydrogens is 234 g/mol. The second kappa shape index (κ2) is 7.66. The molecule has 1 N–H and O–H groups in total. The number of hydrogen-bond acceptors (Lipinski definition) is 2. The van der Waals surface area contributed by atoms with Crippen LogP contribution in [0.3, 0.4) is 0 Å². The molecule has 106 valence electrons. The Hall–Kier alpha value is -0.860. The minimum Gasteiger partial charge on any atom is -0.382 e. The van der Waals surface area contributed by atoms with Gasteiger partial charge in [0.2, 0.25) is 0 Å². The van der Waals surface area contributed by atoms with E-state index in [2.05, 4.69) is 43.4 Å². The monoisotopic (exact) mass is 261 g/mol. The van der Waals surface area contributed by atoms with Gasteiger partial charge in [-0.25, -0.2) is 0 Å². The summed E-state index contributed by atoms with van der Waals surface area (Å²) in [5.74, 6) is 0.688. The first-order valence-electron chi connectivity index (χ1n) is 7.65. The van der Waals surface area contributed by atoms with E-state index in [4.69, 9.17) is 4.74 Å². The lowest BCUT2D eigenvalue weighted by atomic mass is 9.93. The van der Waals surface area contributed by atoms with Crippen molar-refractivity contribution >= 4 is 0 Å². The highest BCUT2D eigenvalue weighted by molar-refractivity contribution is 5.25. The van der Waals surface area contributed by atoms with E-state index >= 15 is 0 Å². The molecule has 0 aromatic heterocycles. The molecule has 1 aliphatic carbocycles. The zero-order chi connectivity index (χ0) is 13.5. The number of nitrogens with one attached hydrogen (secondary N) is 1. The normalized spacial score (nSPS) is 16.5. The lowest BCUT2D eigenvalue weighted by Gasteiger charge is -2.19. The molecule has 1 fully saturated rings. The van der Waals surface area contributed by atoms with Gasteiger partial charge in [-0.1, -0.05) is 24.3 Å². The fourth-order valence-electron chi connectivity index (χ4n) is 2.44. The van der Waals surface area contributed by atoms with Crippen LogP contribution in [-0.2, 0) is 11.2 Å². The van der Waals surface area contributed by atoms with E-state index in [1.165, 1.54) is 30.4 Å². The van der Waals surface area contributed by atoms with Gasteiger partial charge in [0.05, 0.1) is 0 Å². The average Bonchev–Trinajstić information content (AvgIpc) is 3.22. The molecule has 0 spiro atoms. The second-order valence-corrected chi connectivity index (χ2v) is 5.66. The van der Waals surface area contributed by atoms with E-state index < -0.39 is 0 Å². The Bertz CT molecular complexity index is 373. The third kappa shape index (κ3) is 5.33. The van der Waals surface area contributed by atoms with Crippen molar-refractivity contribution in [3.63, 3.8) is 0 Å². The minimum absolute atomic E-state index is 0.688. The van der Waals surface area contributed by atoms with Gasteiger partial charge in [-0.3, -0.25) is 0 Å². The van der Waals surface area contributed by atoms with Crippen molar-refractivity contribution in [1.82, 2.24) is 5.32 Å². The first-order chi connectivity index (χ1) is 9.29. The maximum Gasteiger partial charge on any atom is 0.0469 e. The quantitative estimate of drug-likeness (QED) is 0.688. The van der Waals surface area contributed by atoms with Crippen LogP contribution in [0.4, 0.5) is 0 Å². The molecule has 19 heavy (non-hydrogen) atoms. The van der Waals surface area contributed by atoms with Gasteiger partial charge in [0.1, 0.15) is 0 Å². The molecular formula is C17H27NO. The first-order valence-corrected chi connectivity index (χ1v) is 7.65. The molecule has 2 heteroatoms. The molecule has 0 radical (unpaired) electrons. The molecule has 2 rings (SSSR count). The van der Waals surface area contributed by atoms with Gasteiger partial charge < -0.3 is 10.1 Å². The predicted octanol–water partition coefficient (Wildman–Crippen LogP) is 3.33. The largest absolute Gasteiger partial charge is 0.382 e. The number of aryl methyl sites for hydroxylation is 1. The summed E-state index contributed by atoms with van der Waals surface area (Å²) in [4.78, 5) is 0. The van der Waals surface area contributed by atoms with Gasteiger partial charge >= 0.3 is 0 Å². The van der Waals surface area contributed by atoms with Crippen LogP contribution in [0.1, 0.15) is 37.3 Å². The van der Waals surface area contributed by atoms with Crippen molar-refractivity contribution < 1.29 is 4.74 Å². The number of ether oxygens (including phenoxy) is 1. The Morgan fingerprint density at radius 1 is 1.32 bits per heavy atom. The predicted molar refractivity (Wildman–Crippen MR) is 80.5 cm³/mol. The maximum atomic E-state index is 5.53. The summed E-state index contributed by atoms with van der Waals surface area (Å²) >= 11 is 0. The van der Waals surface area contributed by atoms with Gasteiger partial charge in [-0.2, -0.15) is 0 Å². The Balaban J connectivity index is 1.85. The number of hydrogen-bond donors (Lipinski definition) is 1. The zero-order valence-corrected chi connectivity index (χ0v) is 12.3. The summed E-state index contributed by atoms with van der Waals surface area (Å²) in [5.41, 5.74) is 2.90. The SMILES string of the molecule is CCOCCC(CNC1CC1)Cc1ccccc1C. The lowest BCUT2D eigenvalue weighted by Crippen LogP contribution is -2.27. The molecule has 0 saturated heterocycles.